The second kappa shape index (κ2) is 64.5. The van der Waals surface area contributed by atoms with Gasteiger partial charge in [0.1, 0.15) is 96.7 Å². The van der Waals surface area contributed by atoms with Gasteiger partial charge in [0.15, 0.2) is 23.8 Å². The molecular weight excluding hydrogens is 1800 g/mol. The number of carbonyl (C=O) groups excluding carboxylic acids is 16. The van der Waals surface area contributed by atoms with Crippen molar-refractivity contribution in [2.45, 2.75) is 248 Å². The summed E-state index contributed by atoms with van der Waals surface area (Å²) in [7, 11) is 0. The first-order valence-corrected chi connectivity index (χ1v) is 43.1. The van der Waals surface area contributed by atoms with Crippen LogP contribution in [0.1, 0.15) is 145 Å². The number of carboxylic acids is 3. The smallest absolute Gasteiger partial charge is 0.328 e. The average Bonchev–Trinajstić information content (AvgIpc) is 0.848. The van der Waals surface area contributed by atoms with E-state index >= 15 is 0 Å². The van der Waals surface area contributed by atoms with E-state index in [-0.39, 0.29) is 103 Å². The zero-order valence-corrected chi connectivity index (χ0v) is 76.4. The van der Waals surface area contributed by atoms with Crippen molar-refractivity contribution in [3.8, 4) is 0 Å². The predicted molar refractivity (Wildman–Crippen MR) is 475 cm³/mol. The molecule has 44 N–H and O–H groups in total. The van der Waals surface area contributed by atoms with Gasteiger partial charge in [-0.15, -0.1) is 0 Å². The topological polar surface area (TPSA) is 993 Å². The summed E-state index contributed by atoms with van der Waals surface area (Å²) in [4.78, 5) is 259. The first kappa shape index (κ1) is 122. The largest absolute Gasteiger partial charge is 0.481 e. The number of nitrogens with two attached hydrogens (primary N) is 5. The SMILES string of the molecule is CC[C@H](C)[C@H](NC(=O)[C@H](CO)NC(=O)[C@H](CCCNC(=N)N)NC(=O)[C@H](CO)NC(=O)[C@H](CC(=O)O)NC(=O)[C@H](CC(C)C)NC(=O)[C@H](CCCNC(=N)N)NC(=O)[C@H](CO)NC(=O)[C@H](CO)NC(=O)[C@H](CCCNC(=N)N)NC(=O)[C@@H](N)CC(C)C)C(=O)N[C@@H](CC(C)C)C(=O)N[C@@H](CC(=O)O)C(=O)N[C@@H](CO)C(=O)N[C@@H](CCCNC(=N)N)C(=O)N[C@@H](CO)C(=O)N[C@@H](CO)C(=O)O. The Balaban J connectivity index is 7.16. The molecule has 0 spiro atoms. The van der Waals surface area contributed by atoms with Crippen molar-refractivity contribution in [2.75, 3.05) is 72.4 Å². The number of aliphatic hydroxyl groups is 7. The Morgan fingerprint density at radius 1 is 0.259 bits per heavy atom. The van der Waals surface area contributed by atoms with E-state index in [1.54, 1.807) is 48.5 Å². The molecule has 0 aromatic carbocycles. The Kier molecular flexibility index (Phi) is 58.2. The van der Waals surface area contributed by atoms with Crippen molar-refractivity contribution < 1.29 is 142 Å². The van der Waals surface area contributed by atoms with Crippen LogP contribution in [-0.2, 0) is 91.1 Å². The zero-order valence-electron chi connectivity index (χ0n) is 76.4. The minimum Gasteiger partial charge on any atom is -0.481 e. The van der Waals surface area contributed by atoms with Gasteiger partial charge in [-0.25, -0.2) is 4.79 Å². The Hall–Kier alpha value is -13.3. The van der Waals surface area contributed by atoms with Gasteiger partial charge in [0, 0.05) is 26.2 Å². The summed E-state index contributed by atoms with van der Waals surface area (Å²) < 4.78 is 0. The molecule has 58 nitrogen and oxygen atoms in total. The monoisotopic (exact) mass is 1930 g/mol. The molecule has 0 fully saturated rings. The van der Waals surface area contributed by atoms with Crippen LogP contribution in [-0.4, -0.2) is 362 Å². The Morgan fingerprint density at radius 2 is 0.452 bits per heavy atom. The molecule has 58 heteroatoms. The standard InChI is InChI=1S/C77H139N29O29/c1-9-37(8)56(72(133)98-44(24-36(6)7)63(124)97-46(26-55(116)117)65(126)103-47(27-107)66(127)93-41(16-12-20-89-76(83)84)60(121)100-51(31-111)70(131)105-53(33-113)73(134)135)106-71(132)52(32-112)101-61(122)42(17-13-21-90-77(85)86)94-67(128)48(28-108)102-64(125)45(25-54(114)115)96-62(123)43(23-35(4)5)95-58(119)40(15-11-19-88-75(81)82)92-68(129)49(29-109)104-69(130)50(30-110)99-59(120)39(14-10-18-87-74(79)80)91-57(118)38(78)22-34(2)3/h34-53,56,107-113H,9-33,78H2,1-8H3,(H,91,118)(H,92,129)(H,93,127)(H,94,128)(H,95,119)(H,96,123)(H,97,124)(H,98,133)(H,99,120)(H,100,121)(H,101,122)(H,102,125)(H,103,126)(H,104,130)(H,105,131)(H,106,132)(H,114,115)(H,116,117)(H,134,135)(H4,79,80,87)(H4,81,82,88)(H4,83,84,89)(H4,85,86,90)/t37-,38-,39-,40-,41-,42-,43-,44-,45-,46-,47-,48-,49-,50-,51-,52-,53-,56-/m0/s1. The molecule has 0 aromatic heterocycles. The molecule has 0 aliphatic rings. The predicted octanol–water partition coefficient (Wildman–Crippen LogP) is -15.7. The van der Waals surface area contributed by atoms with Gasteiger partial charge in [0.25, 0.3) is 0 Å². The molecule has 0 bridgehead atoms. The van der Waals surface area contributed by atoms with Crippen LogP contribution in [0.15, 0.2) is 0 Å². The second-order valence-electron chi connectivity index (χ2n) is 32.5. The fourth-order valence-corrected chi connectivity index (χ4v) is 12.4. The molecule has 18 atom stereocenters. The van der Waals surface area contributed by atoms with E-state index in [1.807, 2.05) is 5.32 Å². The molecule has 0 unspecified atom stereocenters. The molecule has 0 aromatic rings. The van der Waals surface area contributed by atoms with Crippen LogP contribution in [0.4, 0.5) is 0 Å². The van der Waals surface area contributed by atoms with Crippen molar-refractivity contribution in [1.29, 1.82) is 21.6 Å². The molecule has 0 saturated carbocycles. The lowest BCUT2D eigenvalue weighted by molar-refractivity contribution is -0.144. The fraction of sp³-hybridized carbons (Fsp3) is 0.701. The maximum Gasteiger partial charge on any atom is 0.328 e. The molecule has 0 radical (unpaired) electrons. The Bertz CT molecular complexity index is 4000. The van der Waals surface area contributed by atoms with Crippen LogP contribution in [0.3, 0.4) is 0 Å². The lowest BCUT2D eigenvalue weighted by atomic mass is 9.96. The molecule has 135 heavy (non-hydrogen) atoms. The molecule has 0 heterocycles. The molecule has 0 rings (SSSR count). The van der Waals surface area contributed by atoms with Crippen molar-refractivity contribution >= 4 is 136 Å². The van der Waals surface area contributed by atoms with Crippen LogP contribution < -0.4 is 135 Å². The van der Waals surface area contributed by atoms with E-state index in [9.17, 15) is 142 Å². The number of carboxylic acid groups (broad SMARTS) is 3. The number of rotatable bonds is 68. The second-order valence-corrected chi connectivity index (χ2v) is 32.5. The number of hydrogen-bond acceptors (Lipinski definition) is 31. The van der Waals surface area contributed by atoms with Crippen LogP contribution in [0.5, 0.6) is 0 Å². The quantitative estimate of drug-likeness (QED) is 0.0153. The van der Waals surface area contributed by atoms with Crippen molar-refractivity contribution in [3.05, 3.63) is 0 Å². The first-order valence-electron chi connectivity index (χ1n) is 43.1. The van der Waals surface area contributed by atoms with E-state index in [0.29, 0.717) is 0 Å². The minimum atomic E-state index is -2.18. The highest BCUT2D eigenvalue weighted by molar-refractivity contribution is 6.02. The highest BCUT2D eigenvalue weighted by Gasteiger charge is 2.41. The van der Waals surface area contributed by atoms with E-state index in [0.717, 1.165) is 0 Å². The summed E-state index contributed by atoms with van der Waals surface area (Å²) in [5.41, 5.74) is 27.6. The van der Waals surface area contributed by atoms with Gasteiger partial charge in [-0.1, -0.05) is 61.8 Å². The van der Waals surface area contributed by atoms with Crippen molar-refractivity contribution in [2.24, 2.45) is 52.3 Å². The zero-order chi connectivity index (χ0) is 103. The van der Waals surface area contributed by atoms with Crippen LogP contribution in [0.2, 0.25) is 0 Å². The number of carbonyl (C=O) groups is 19. The van der Waals surface area contributed by atoms with Gasteiger partial charge in [-0.2, -0.15) is 0 Å². The molecule has 0 aliphatic carbocycles. The van der Waals surface area contributed by atoms with Gasteiger partial charge in [-0.05, 0) is 94.3 Å². The number of hydrogen-bond donors (Lipinski definition) is 39. The maximum atomic E-state index is 14.5. The molecule has 766 valence electrons. The van der Waals surface area contributed by atoms with Gasteiger partial charge in [0.05, 0.1) is 65.1 Å². The van der Waals surface area contributed by atoms with Gasteiger partial charge >= 0.3 is 17.9 Å². The first-order chi connectivity index (χ1) is 63.3. The number of guanidine groups is 4. The third-order valence-electron chi connectivity index (χ3n) is 19.7. The van der Waals surface area contributed by atoms with Gasteiger partial charge in [-0.3, -0.25) is 108 Å². The molecule has 16 amide bonds. The van der Waals surface area contributed by atoms with Crippen molar-refractivity contribution in [3.63, 3.8) is 0 Å². The highest BCUT2D eigenvalue weighted by atomic mass is 16.4. The van der Waals surface area contributed by atoms with Gasteiger partial charge in [0.2, 0.25) is 94.5 Å². The highest BCUT2D eigenvalue weighted by Crippen LogP contribution is 2.16. The number of aliphatic hydroxyl groups excluding tert-OH is 7. The third-order valence-corrected chi connectivity index (χ3v) is 19.7. The normalized spacial score (nSPS) is 15.1. The summed E-state index contributed by atoms with van der Waals surface area (Å²) >= 11 is 0. The van der Waals surface area contributed by atoms with E-state index in [2.05, 4.69) is 101 Å². The molecular formula is C77H139N29O29. The van der Waals surface area contributed by atoms with E-state index in [1.165, 1.54) is 6.92 Å². The third kappa shape index (κ3) is 48.8. The molecule has 0 aliphatic heterocycles. The van der Waals surface area contributed by atoms with E-state index in [4.69, 9.17) is 50.3 Å². The minimum absolute atomic E-state index is 0.0359. The molecule has 0 saturated heterocycles. The fourth-order valence-electron chi connectivity index (χ4n) is 12.4. The Labute approximate surface area is 776 Å². The van der Waals surface area contributed by atoms with Crippen LogP contribution in [0.25, 0.3) is 0 Å². The number of aliphatic carboxylic acids is 3. The maximum absolute atomic E-state index is 14.5. The summed E-state index contributed by atoms with van der Waals surface area (Å²) in [6.45, 7) is 4.17. The van der Waals surface area contributed by atoms with Crippen LogP contribution >= 0.6 is 0 Å². The lowest BCUT2D eigenvalue weighted by Crippen LogP contribution is -2.62. The summed E-state index contributed by atoms with van der Waals surface area (Å²) in [6.07, 6.45) is -4.23. The number of amides is 16. The lowest BCUT2D eigenvalue weighted by Gasteiger charge is -2.30. The van der Waals surface area contributed by atoms with Crippen molar-refractivity contribution in [1.82, 2.24) is 106 Å². The van der Waals surface area contributed by atoms with Gasteiger partial charge < -0.3 is 186 Å². The van der Waals surface area contributed by atoms with E-state index < -0.39 is 322 Å². The van der Waals surface area contributed by atoms with Crippen LogP contribution in [0, 0.1) is 45.3 Å². The summed E-state index contributed by atoms with van der Waals surface area (Å²) in [6, 6.07) is -31.0. The Morgan fingerprint density at radius 3 is 0.674 bits per heavy atom. The average molecular weight is 1940 g/mol. The summed E-state index contributed by atoms with van der Waals surface area (Å²) in [5.74, 6) is -28.9. The number of nitrogens with one attached hydrogen (secondary N) is 24. The summed E-state index contributed by atoms with van der Waals surface area (Å²) in [5, 5.41) is 176.